The van der Waals surface area contributed by atoms with E-state index in [2.05, 4.69) is 15.2 Å². The summed E-state index contributed by atoms with van der Waals surface area (Å²) < 4.78 is 5.11. The fourth-order valence-corrected chi connectivity index (χ4v) is 3.55. The summed E-state index contributed by atoms with van der Waals surface area (Å²) in [6, 6.07) is 13.6. The Labute approximate surface area is 161 Å². The zero-order valence-corrected chi connectivity index (χ0v) is 16.3. The van der Waals surface area contributed by atoms with Crippen molar-refractivity contribution in [3.05, 3.63) is 53.7 Å². The lowest BCUT2D eigenvalue weighted by molar-refractivity contribution is 0.0947. The number of aromatic nitrogens is 1. The molecule has 1 aromatic heterocycles. The predicted octanol–water partition coefficient (Wildman–Crippen LogP) is 3.15. The minimum atomic E-state index is -0.00316. The average Bonchev–Trinajstić information content (AvgIpc) is 3.14. The number of likely N-dealkylation sites (tertiary alicyclic amines) is 1. The van der Waals surface area contributed by atoms with Gasteiger partial charge in [-0.2, -0.15) is 0 Å². The first-order valence-electron chi connectivity index (χ1n) is 9.69. The lowest BCUT2D eigenvalue weighted by Crippen LogP contribution is -2.31. The van der Waals surface area contributed by atoms with Gasteiger partial charge in [0.05, 0.1) is 5.69 Å². The van der Waals surface area contributed by atoms with E-state index in [9.17, 15) is 4.79 Å². The van der Waals surface area contributed by atoms with Crippen molar-refractivity contribution in [3.8, 4) is 11.3 Å². The molecule has 1 aliphatic heterocycles. The van der Waals surface area contributed by atoms with Gasteiger partial charge < -0.3 is 15.0 Å². The second-order valence-electron chi connectivity index (χ2n) is 7.25. The zero-order chi connectivity index (χ0) is 19.1. The molecule has 0 saturated carbocycles. The molecule has 27 heavy (non-hydrogen) atoms. The Bertz CT molecular complexity index is 745. The van der Waals surface area contributed by atoms with Gasteiger partial charge in [-0.3, -0.25) is 9.78 Å². The summed E-state index contributed by atoms with van der Waals surface area (Å²) in [5, 5.41) is 3.09. The maximum absolute atomic E-state index is 12.4. The molecule has 144 valence electrons. The third kappa shape index (κ3) is 5.62. The van der Waals surface area contributed by atoms with Crippen LogP contribution in [0.5, 0.6) is 0 Å². The number of benzene rings is 1. The number of carbonyl (C=O) groups is 1. The van der Waals surface area contributed by atoms with Gasteiger partial charge in [-0.1, -0.05) is 18.2 Å². The molecule has 1 amide bonds. The molecule has 5 nitrogen and oxygen atoms in total. The highest BCUT2D eigenvalue weighted by molar-refractivity contribution is 5.94. The maximum atomic E-state index is 12.4. The minimum absolute atomic E-state index is 0.00316. The van der Waals surface area contributed by atoms with E-state index < -0.39 is 0 Å². The number of amides is 1. The molecule has 0 radical (unpaired) electrons. The number of carbonyl (C=O) groups excluding carboxylic acids is 1. The van der Waals surface area contributed by atoms with Crippen molar-refractivity contribution in [2.75, 3.05) is 39.9 Å². The molecule has 0 bridgehead atoms. The summed E-state index contributed by atoms with van der Waals surface area (Å²) in [7, 11) is 1.74. The van der Waals surface area contributed by atoms with Gasteiger partial charge in [-0.05, 0) is 56.5 Å². The molecule has 1 atom stereocenters. The lowest BCUT2D eigenvalue weighted by Gasteiger charge is -2.16. The molecule has 0 aliphatic carbocycles. The van der Waals surface area contributed by atoms with Gasteiger partial charge in [-0.25, -0.2) is 0 Å². The normalized spacial score (nSPS) is 17.2. The van der Waals surface area contributed by atoms with Crippen LogP contribution in [0.15, 0.2) is 42.5 Å². The summed E-state index contributed by atoms with van der Waals surface area (Å²) in [5.74, 6) is 0.531. The Morgan fingerprint density at radius 2 is 2.07 bits per heavy atom. The highest BCUT2D eigenvalue weighted by Crippen LogP contribution is 2.19. The highest BCUT2D eigenvalue weighted by atomic mass is 16.5. The molecule has 1 aliphatic rings. The first-order valence-corrected chi connectivity index (χ1v) is 9.69. The molecule has 1 saturated heterocycles. The summed E-state index contributed by atoms with van der Waals surface area (Å²) >= 11 is 0. The molecule has 1 N–H and O–H groups in total. The van der Waals surface area contributed by atoms with E-state index in [0.717, 1.165) is 62.6 Å². The largest absolute Gasteiger partial charge is 0.385 e. The van der Waals surface area contributed by atoms with Crippen molar-refractivity contribution in [2.45, 2.75) is 19.8 Å². The van der Waals surface area contributed by atoms with Gasteiger partial charge >= 0.3 is 0 Å². The number of nitrogens with one attached hydrogen (secondary N) is 1. The standard InChI is InChI=1S/C22H29N3O2/c1-17-5-3-6-21(24-17)19-7-9-20(10-8-19)22(26)23-15-18-11-13-25(16-18)12-4-14-27-2/h3,5-10,18H,4,11-16H2,1-2H3,(H,23,26)/t18-/m0/s1. The summed E-state index contributed by atoms with van der Waals surface area (Å²) in [6.45, 7) is 6.77. The van der Waals surface area contributed by atoms with Crippen LogP contribution in [-0.4, -0.2) is 55.7 Å². The van der Waals surface area contributed by atoms with Crippen LogP contribution in [0.1, 0.15) is 28.9 Å². The first-order chi connectivity index (χ1) is 13.2. The lowest BCUT2D eigenvalue weighted by atomic mass is 10.1. The number of hydrogen-bond acceptors (Lipinski definition) is 4. The minimum Gasteiger partial charge on any atom is -0.385 e. The Balaban J connectivity index is 1.47. The number of ether oxygens (including phenoxy) is 1. The fraction of sp³-hybridized carbons (Fsp3) is 0.455. The number of nitrogens with zero attached hydrogens (tertiary/aromatic N) is 2. The molecular formula is C22H29N3O2. The van der Waals surface area contributed by atoms with Crippen LogP contribution in [0.2, 0.25) is 0 Å². The second-order valence-corrected chi connectivity index (χ2v) is 7.25. The predicted molar refractivity (Wildman–Crippen MR) is 108 cm³/mol. The van der Waals surface area contributed by atoms with Gasteiger partial charge in [0.1, 0.15) is 0 Å². The Morgan fingerprint density at radius 3 is 2.81 bits per heavy atom. The maximum Gasteiger partial charge on any atom is 0.251 e. The Kier molecular flexibility index (Phi) is 6.96. The van der Waals surface area contributed by atoms with E-state index >= 15 is 0 Å². The molecule has 3 rings (SSSR count). The third-order valence-corrected chi connectivity index (χ3v) is 5.08. The van der Waals surface area contributed by atoms with Gasteiger partial charge in [0, 0.05) is 50.2 Å². The van der Waals surface area contributed by atoms with E-state index in [4.69, 9.17) is 4.74 Å². The molecule has 1 fully saturated rings. The molecule has 0 unspecified atom stereocenters. The monoisotopic (exact) mass is 367 g/mol. The molecule has 2 heterocycles. The third-order valence-electron chi connectivity index (χ3n) is 5.08. The number of aryl methyl sites for hydroxylation is 1. The fourth-order valence-electron chi connectivity index (χ4n) is 3.55. The van der Waals surface area contributed by atoms with Crippen molar-refractivity contribution in [2.24, 2.45) is 5.92 Å². The van der Waals surface area contributed by atoms with Crippen molar-refractivity contribution in [1.82, 2.24) is 15.2 Å². The topological polar surface area (TPSA) is 54.5 Å². The van der Waals surface area contributed by atoms with Gasteiger partial charge in [-0.15, -0.1) is 0 Å². The number of methoxy groups -OCH3 is 1. The van der Waals surface area contributed by atoms with E-state index in [1.807, 2.05) is 49.4 Å². The van der Waals surface area contributed by atoms with Crippen molar-refractivity contribution >= 4 is 5.91 Å². The molecule has 2 aromatic rings. The van der Waals surface area contributed by atoms with Gasteiger partial charge in [0.25, 0.3) is 5.91 Å². The van der Waals surface area contributed by atoms with Crippen molar-refractivity contribution in [1.29, 1.82) is 0 Å². The van der Waals surface area contributed by atoms with Crippen molar-refractivity contribution in [3.63, 3.8) is 0 Å². The van der Waals surface area contributed by atoms with Crippen molar-refractivity contribution < 1.29 is 9.53 Å². The average molecular weight is 367 g/mol. The zero-order valence-electron chi connectivity index (χ0n) is 16.3. The van der Waals surface area contributed by atoms with Crippen LogP contribution in [0.4, 0.5) is 0 Å². The summed E-state index contributed by atoms with van der Waals surface area (Å²) in [6.07, 6.45) is 2.21. The van der Waals surface area contributed by atoms with Crippen LogP contribution < -0.4 is 5.32 Å². The Morgan fingerprint density at radius 1 is 1.26 bits per heavy atom. The number of hydrogen-bond donors (Lipinski definition) is 1. The van der Waals surface area contributed by atoms with Crippen LogP contribution in [0, 0.1) is 12.8 Å². The first kappa shape index (κ1) is 19.5. The molecular weight excluding hydrogens is 338 g/mol. The quantitative estimate of drug-likeness (QED) is 0.728. The smallest absolute Gasteiger partial charge is 0.251 e. The van der Waals surface area contributed by atoms with Crippen LogP contribution in [-0.2, 0) is 4.74 Å². The summed E-state index contributed by atoms with van der Waals surface area (Å²) in [5.41, 5.74) is 3.64. The van der Waals surface area contributed by atoms with Gasteiger partial charge in [0.15, 0.2) is 0 Å². The second kappa shape index (κ2) is 9.62. The van der Waals surface area contributed by atoms with Gasteiger partial charge in [0.2, 0.25) is 0 Å². The number of pyridine rings is 1. The van der Waals surface area contributed by atoms with E-state index in [0.29, 0.717) is 11.5 Å². The van der Waals surface area contributed by atoms with E-state index in [1.165, 1.54) is 0 Å². The molecule has 1 aromatic carbocycles. The van der Waals surface area contributed by atoms with Crippen LogP contribution >= 0.6 is 0 Å². The Hall–Kier alpha value is -2.24. The van der Waals surface area contributed by atoms with Crippen LogP contribution in [0.3, 0.4) is 0 Å². The number of rotatable bonds is 8. The van der Waals surface area contributed by atoms with E-state index in [1.54, 1.807) is 7.11 Å². The molecule has 0 spiro atoms. The molecule has 5 heteroatoms. The SMILES string of the molecule is COCCCN1CC[C@@H](CNC(=O)c2ccc(-c3cccc(C)n3)cc2)C1. The summed E-state index contributed by atoms with van der Waals surface area (Å²) in [4.78, 5) is 19.4. The van der Waals surface area contributed by atoms with E-state index in [-0.39, 0.29) is 5.91 Å². The van der Waals surface area contributed by atoms with Crippen LogP contribution in [0.25, 0.3) is 11.3 Å². The highest BCUT2D eigenvalue weighted by Gasteiger charge is 2.22.